The van der Waals surface area contributed by atoms with E-state index in [0.29, 0.717) is 0 Å². The van der Waals surface area contributed by atoms with Crippen LogP contribution in [-0.4, -0.2) is 42.7 Å². The highest BCUT2D eigenvalue weighted by molar-refractivity contribution is 7.72. The summed E-state index contributed by atoms with van der Waals surface area (Å²) >= 11 is 0. The van der Waals surface area contributed by atoms with Crippen molar-refractivity contribution in [1.29, 1.82) is 0 Å². The molecule has 0 saturated heterocycles. The summed E-state index contributed by atoms with van der Waals surface area (Å²) in [5.74, 6) is -0.540. The number of benzene rings is 1. The molecule has 1 aromatic carbocycles. The van der Waals surface area contributed by atoms with Crippen LogP contribution in [-0.2, 0) is 27.2 Å². The number of para-hydroxylation sites is 1. The third-order valence-corrected chi connectivity index (χ3v) is 9.95. The summed E-state index contributed by atoms with van der Waals surface area (Å²) in [7, 11) is -7.80. The van der Waals surface area contributed by atoms with Crippen molar-refractivity contribution in [2.75, 3.05) is 26.4 Å². The van der Waals surface area contributed by atoms with Crippen molar-refractivity contribution in [2.24, 2.45) is 0 Å². The number of carbonyl (C=O) groups is 1. The minimum atomic E-state index is -3.90. The lowest BCUT2D eigenvalue weighted by molar-refractivity contribution is 0.0977. The quantitative estimate of drug-likeness (QED) is 0.313. The maximum Gasteiger partial charge on any atom is 0.345 e. The van der Waals surface area contributed by atoms with Crippen LogP contribution < -0.4 is 0 Å². The van der Waals surface area contributed by atoms with Gasteiger partial charge in [-0.05, 0) is 46.2 Å². The van der Waals surface area contributed by atoms with E-state index in [9.17, 15) is 19.0 Å². The summed E-state index contributed by atoms with van der Waals surface area (Å²) in [6.45, 7) is 6.84. The molecule has 0 atom stereocenters. The summed E-state index contributed by atoms with van der Waals surface area (Å²) in [5, 5.41) is 8.62. The lowest BCUT2D eigenvalue weighted by atomic mass is 10.1. The predicted molar refractivity (Wildman–Crippen MR) is 107 cm³/mol. The summed E-state index contributed by atoms with van der Waals surface area (Å²) < 4.78 is 48.3. The molecule has 0 spiro atoms. The predicted octanol–water partition coefficient (Wildman–Crippen LogP) is 5.21. The number of phenols is 1. The van der Waals surface area contributed by atoms with Crippen molar-refractivity contribution in [3.63, 3.8) is 0 Å². The Kier molecular flexibility index (Phi) is 10.6. The number of carbonyl (C=O) groups excluding carboxylic acids is 1. The van der Waals surface area contributed by atoms with Crippen LogP contribution in [0.2, 0.25) is 0 Å². The Bertz CT molecular complexity index is 671. The van der Waals surface area contributed by atoms with E-state index in [1.165, 1.54) is 12.1 Å². The lowest BCUT2D eigenvalue weighted by Gasteiger charge is -2.31. The molecule has 0 aliphatic heterocycles. The van der Waals surface area contributed by atoms with E-state index in [1.54, 1.807) is 39.8 Å². The number of ketones is 1. The van der Waals surface area contributed by atoms with E-state index >= 15 is 0 Å². The first-order valence-electron chi connectivity index (χ1n) is 9.36. The summed E-state index contributed by atoms with van der Waals surface area (Å²) in [6.07, 6.45) is -0.252. The van der Waals surface area contributed by atoms with Crippen LogP contribution in [0.25, 0.3) is 0 Å². The summed E-state index contributed by atoms with van der Waals surface area (Å²) in [4.78, 5) is 12.6. The Hall–Kier alpha value is -1.01. The van der Waals surface area contributed by atoms with Gasteiger partial charge in [-0.15, -0.1) is 0 Å². The zero-order chi connectivity index (χ0) is 21.2. The largest absolute Gasteiger partial charge is 0.507 e. The Morgan fingerprint density at radius 1 is 0.893 bits per heavy atom. The van der Waals surface area contributed by atoms with Gasteiger partial charge >= 0.3 is 15.2 Å². The van der Waals surface area contributed by atoms with Gasteiger partial charge in [0.25, 0.3) is 0 Å². The van der Waals surface area contributed by atoms with Gasteiger partial charge in [-0.1, -0.05) is 12.1 Å². The zero-order valence-corrected chi connectivity index (χ0v) is 18.6. The van der Waals surface area contributed by atoms with Gasteiger partial charge in [0.1, 0.15) is 5.75 Å². The number of hydrogen-bond acceptors (Lipinski definition) is 8. The van der Waals surface area contributed by atoms with Gasteiger partial charge in [0.15, 0.2) is 11.2 Å². The molecule has 0 aliphatic rings. The minimum absolute atomic E-state index is 0.0689. The van der Waals surface area contributed by atoms with Crippen molar-refractivity contribution in [3.05, 3.63) is 29.8 Å². The van der Waals surface area contributed by atoms with Crippen molar-refractivity contribution in [1.82, 2.24) is 0 Å². The molecule has 0 heterocycles. The van der Waals surface area contributed by atoms with Crippen LogP contribution in [0.1, 0.15) is 50.9 Å². The molecule has 28 heavy (non-hydrogen) atoms. The van der Waals surface area contributed by atoms with Gasteiger partial charge in [0.2, 0.25) is 0 Å². The highest BCUT2D eigenvalue weighted by atomic mass is 31.2. The Labute approximate surface area is 166 Å². The molecule has 0 aliphatic carbocycles. The highest BCUT2D eigenvalue weighted by Gasteiger charge is 2.50. The lowest BCUT2D eigenvalue weighted by Crippen LogP contribution is -2.19. The maximum atomic E-state index is 13.4. The molecule has 8 nitrogen and oxygen atoms in total. The maximum absolute atomic E-state index is 13.4. The van der Waals surface area contributed by atoms with E-state index in [2.05, 4.69) is 0 Å². The van der Waals surface area contributed by atoms with Gasteiger partial charge in [-0.25, -0.2) is 0 Å². The molecular formula is C18H30O8P2. The van der Waals surface area contributed by atoms with Crippen molar-refractivity contribution < 1.29 is 37.1 Å². The molecule has 0 fully saturated rings. The number of Topliss-reactive ketones (excluding diaryl/α,β-unsaturated/α-hetero) is 1. The highest BCUT2D eigenvalue weighted by Crippen LogP contribution is 2.71. The molecule has 0 saturated carbocycles. The van der Waals surface area contributed by atoms with Crippen LogP contribution in [0.3, 0.4) is 0 Å². The van der Waals surface area contributed by atoms with Crippen LogP contribution in [0.5, 0.6) is 5.75 Å². The van der Waals surface area contributed by atoms with Gasteiger partial charge in [0, 0.05) is 6.42 Å². The Morgan fingerprint density at radius 3 is 1.71 bits per heavy atom. The summed E-state index contributed by atoms with van der Waals surface area (Å²) in [5.41, 5.74) is 0.131. The molecule has 0 bridgehead atoms. The third kappa shape index (κ3) is 6.51. The van der Waals surface area contributed by atoms with Crippen molar-refractivity contribution in [3.8, 4) is 5.75 Å². The van der Waals surface area contributed by atoms with E-state index in [4.69, 9.17) is 18.1 Å². The Balaban J connectivity index is 3.22. The molecule has 0 radical (unpaired) electrons. The second kappa shape index (κ2) is 11.9. The molecule has 1 N–H and O–H groups in total. The van der Waals surface area contributed by atoms with Crippen LogP contribution in [0.15, 0.2) is 24.3 Å². The molecule has 1 rings (SSSR count). The normalized spacial score (nSPS) is 12.5. The SMILES string of the molecule is CCOP(=O)(OCC)C(CCC(=O)c1ccccc1O)P(=O)(OCC)OCC. The molecule has 0 amide bonds. The minimum Gasteiger partial charge on any atom is -0.507 e. The van der Waals surface area contributed by atoms with Crippen molar-refractivity contribution >= 4 is 21.0 Å². The fourth-order valence-corrected chi connectivity index (χ4v) is 8.09. The van der Waals surface area contributed by atoms with Crippen LogP contribution >= 0.6 is 15.2 Å². The fraction of sp³-hybridized carbons (Fsp3) is 0.611. The second-order valence-corrected chi connectivity index (χ2v) is 10.6. The van der Waals surface area contributed by atoms with Crippen molar-refractivity contribution in [2.45, 2.75) is 45.9 Å². The molecular weight excluding hydrogens is 406 g/mol. The topological polar surface area (TPSA) is 108 Å². The first-order chi connectivity index (χ1) is 13.3. The molecule has 0 unspecified atom stereocenters. The molecule has 0 aromatic heterocycles. The number of rotatable bonds is 14. The van der Waals surface area contributed by atoms with E-state index in [0.717, 1.165) is 0 Å². The molecule has 1 aromatic rings. The smallest absolute Gasteiger partial charge is 0.345 e. The average Bonchev–Trinajstić information content (AvgIpc) is 2.62. The average molecular weight is 436 g/mol. The van der Waals surface area contributed by atoms with E-state index in [1.807, 2.05) is 0 Å². The van der Waals surface area contributed by atoms with Gasteiger partial charge in [-0.3, -0.25) is 13.9 Å². The third-order valence-electron chi connectivity index (χ3n) is 3.80. The number of hydrogen-bond donors (Lipinski definition) is 1. The standard InChI is InChI=1S/C18H30O8P2/c1-5-23-27(21,24-6-2)18(28(22,25-7-3)26-8-4)14-13-17(20)15-11-9-10-12-16(15)19/h9-12,18-19H,5-8,13-14H2,1-4H3. The zero-order valence-electron chi connectivity index (χ0n) is 16.8. The van der Waals surface area contributed by atoms with Gasteiger partial charge in [-0.2, -0.15) is 0 Å². The first-order valence-corrected chi connectivity index (χ1v) is 12.6. The summed E-state index contributed by atoms with van der Waals surface area (Å²) in [6, 6.07) is 6.12. The molecule has 160 valence electrons. The number of phenolic OH excluding ortho intramolecular Hbond substituents is 1. The van der Waals surface area contributed by atoms with Crippen LogP contribution in [0, 0.1) is 0 Å². The second-order valence-electron chi connectivity index (χ2n) is 5.71. The fourth-order valence-electron chi connectivity index (χ4n) is 2.73. The van der Waals surface area contributed by atoms with E-state index in [-0.39, 0.29) is 56.4 Å². The number of aromatic hydroxyl groups is 1. The molecule has 10 heteroatoms. The van der Waals surface area contributed by atoms with Gasteiger partial charge < -0.3 is 23.2 Å². The first kappa shape index (κ1) is 25.0. The Morgan fingerprint density at radius 2 is 1.32 bits per heavy atom. The van der Waals surface area contributed by atoms with Gasteiger partial charge in [0.05, 0.1) is 32.0 Å². The van der Waals surface area contributed by atoms with E-state index < -0.39 is 20.6 Å². The van der Waals surface area contributed by atoms with Crippen LogP contribution in [0.4, 0.5) is 0 Å². The monoisotopic (exact) mass is 436 g/mol.